The molecule has 3 rings (SSSR count). The zero-order valence-corrected chi connectivity index (χ0v) is 18.1. The Bertz CT molecular complexity index is 843. The number of nitrogens with zero attached hydrogens (tertiary/aromatic N) is 1. The summed E-state index contributed by atoms with van der Waals surface area (Å²) in [6, 6.07) is 22.5. The van der Waals surface area contributed by atoms with Gasteiger partial charge in [0.15, 0.2) is 0 Å². The summed E-state index contributed by atoms with van der Waals surface area (Å²) in [6.45, 7) is 4.67. The third-order valence-corrected chi connectivity index (χ3v) is 5.33. The van der Waals surface area contributed by atoms with Crippen molar-refractivity contribution in [2.24, 2.45) is 0 Å². The third kappa shape index (κ3) is 5.86. The van der Waals surface area contributed by atoms with E-state index in [1.165, 1.54) is 35.8 Å². The molecule has 0 fully saturated rings. The third-order valence-electron chi connectivity index (χ3n) is 3.92. The Balaban J connectivity index is 0.00000117. The number of aryl methyl sites for hydroxylation is 2. The molecule has 0 spiro atoms. The van der Waals surface area contributed by atoms with Crippen LogP contribution in [0.25, 0.3) is 5.32 Å². The number of aromatic hydroxyl groups is 1. The standard InChI is InChI=1S/C21H21NOP.ClH.Ti/c1-15-12-16(2)21(23)20(13-15)24-19-11-7-6-8-17(19)14-22-18-9-4-3-5-10-18;;/h3-13,23-24H,14H2,1-2H3;1H;/q-1;;+2/p-1. The fourth-order valence-electron chi connectivity index (χ4n) is 2.69. The quantitative estimate of drug-likeness (QED) is 0.430. The maximum atomic E-state index is 10.4. The predicted octanol–water partition coefficient (Wildman–Crippen LogP) is 5.53. The molecule has 0 amide bonds. The van der Waals surface area contributed by atoms with E-state index in [0.717, 1.165) is 16.6 Å². The van der Waals surface area contributed by atoms with Gasteiger partial charge in [-0.25, -0.2) is 0 Å². The first-order chi connectivity index (χ1) is 12.6. The minimum absolute atomic E-state index is 0.411. The Morgan fingerprint density at radius 1 is 0.923 bits per heavy atom. The summed E-state index contributed by atoms with van der Waals surface area (Å²) in [4.78, 5) is 0. The van der Waals surface area contributed by atoms with Crippen LogP contribution in [0, 0.1) is 13.8 Å². The molecule has 0 saturated carbocycles. The molecule has 0 radical (unpaired) electrons. The molecule has 0 heterocycles. The van der Waals surface area contributed by atoms with E-state index in [-0.39, 0.29) is 0 Å². The van der Waals surface area contributed by atoms with Gasteiger partial charge in [-0.2, -0.15) is 0 Å². The first-order valence-corrected chi connectivity index (χ1v) is 11.3. The van der Waals surface area contributed by atoms with Crippen LogP contribution >= 0.6 is 17.9 Å². The van der Waals surface area contributed by atoms with Gasteiger partial charge in [0.1, 0.15) is 5.75 Å². The Kier molecular flexibility index (Phi) is 8.68. The molecular formula is C21H21ClNOPTi. The first kappa shape index (κ1) is 21.0. The van der Waals surface area contributed by atoms with Gasteiger partial charge in [0.25, 0.3) is 0 Å². The molecule has 1 N–H and O–H groups in total. The average molecular weight is 418 g/mol. The molecular weight excluding hydrogens is 397 g/mol. The predicted molar refractivity (Wildman–Crippen MR) is 111 cm³/mol. The van der Waals surface area contributed by atoms with Crippen LogP contribution in [0.1, 0.15) is 16.7 Å². The second kappa shape index (κ2) is 10.7. The monoisotopic (exact) mass is 417 g/mol. The van der Waals surface area contributed by atoms with Crippen molar-refractivity contribution in [3.8, 4) is 5.75 Å². The number of phenolic OH excluding ortho intramolecular Hbond substituents is 1. The van der Waals surface area contributed by atoms with Crippen LogP contribution in [-0.4, -0.2) is 5.11 Å². The number of halogens is 1. The second-order valence-corrected chi connectivity index (χ2v) is 7.24. The van der Waals surface area contributed by atoms with Gasteiger partial charge in [-0.3, -0.25) is 0 Å². The molecule has 0 saturated heterocycles. The zero-order valence-electron chi connectivity index (χ0n) is 14.8. The summed E-state index contributed by atoms with van der Waals surface area (Å²) < 4.78 is 0. The molecule has 1 atom stereocenters. The van der Waals surface area contributed by atoms with Gasteiger partial charge < -0.3 is 10.4 Å². The number of benzene rings is 3. The van der Waals surface area contributed by atoms with Crippen LogP contribution in [-0.2, 0) is 25.9 Å². The topological polar surface area (TPSA) is 34.3 Å². The van der Waals surface area contributed by atoms with Crippen molar-refractivity contribution in [3.63, 3.8) is 0 Å². The van der Waals surface area contributed by atoms with Crippen molar-refractivity contribution in [2.45, 2.75) is 20.4 Å². The molecule has 0 aliphatic carbocycles. The summed E-state index contributed by atoms with van der Waals surface area (Å²) in [5.41, 5.74) is 4.31. The Morgan fingerprint density at radius 2 is 1.58 bits per heavy atom. The number of hydrogen-bond donors (Lipinski definition) is 1. The first-order valence-electron chi connectivity index (χ1n) is 8.20. The molecule has 26 heavy (non-hydrogen) atoms. The fourth-order valence-corrected chi connectivity index (χ4v) is 4.10. The van der Waals surface area contributed by atoms with Gasteiger partial charge in [-0.1, -0.05) is 74.8 Å². The van der Waals surface area contributed by atoms with Crippen molar-refractivity contribution >= 4 is 34.2 Å². The van der Waals surface area contributed by atoms with Crippen molar-refractivity contribution in [2.75, 3.05) is 0 Å². The van der Waals surface area contributed by atoms with E-state index in [1.807, 2.05) is 55.5 Å². The van der Waals surface area contributed by atoms with E-state index < -0.39 is 0 Å². The van der Waals surface area contributed by atoms with Gasteiger partial charge in [0.2, 0.25) is 0 Å². The Labute approximate surface area is 173 Å². The summed E-state index contributed by atoms with van der Waals surface area (Å²) >= 11 is 1.47. The molecule has 0 aromatic heterocycles. The van der Waals surface area contributed by atoms with Crippen molar-refractivity contribution < 1.29 is 24.5 Å². The second-order valence-electron chi connectivity index (χ2n) is 5.91. The van der Waals surface area contributed by atoms with Crippen LogP contribution < -0.4 is 10.6 Å². The average Bonchev–Trinajstić information content (AvgIpc) is 2.67. The SMILES string of the molecule is Cc1cc(C)c(O)c(Pc2ccccc2C[N-]c2ccccc2)c1.[Cl][Ti+]. The number of rotatable bonds is 5. The molecule has 0 aliphatic rings. The van der Waals surface area contributed by atoms with Gasteiger partial charge in [0.05, 0.1) is 0 Å². The van der Waals surface area contributed by atoms with Crippen LogP contribution in [0.5, 0.6) is 5.75 Å². The summed E-state index contributed by atoms with van der Waals surface area (Å²) in [5.74, 6) is 0.411. The minimum atomic E-state index is 0.411. The van der Waals surface area contributed by atoms with Gasteiger partial charge in [-0.15, -0.1) is 12.2 Å². The molecule has 0 aliphatic heterocycles. The molecule has 5 heteroatoms. The van der Waals surface area contributed by atoms with E-state index in [4.69, 9.17) is 0 Å². The molecule has 3 aromatic rings. The van der Waals surface area contributed by atoms with E-state index in [1.54, 1.807) is 0 Å². The zero-order chi connectivity index (χ0) is 18.9. The fraction of sp³-hybridized carbons (Fsp3) is 0.143. The van der Waals surface area contributed by atoms with Crippen LogP contribution in [0.3, 0.4) is 0 Å². The normalized spacial score (nSPS) is 10.4. The molecule has 1 unspecified atom stereocenters. The van der Waals surface area contributed by atoms with Gasteiger partial charge >= 0.3 is 28.7 Å². The van der Waals surface area contributed by atoms with E-state index in [9.17, 15) is 5.11 Å². The van der Waals surface area contributed by atoms with E-state index >= 15 is 0 Å². The van der Waals surface area contributed by atoms with Crippen LogP contribution in [0.15, 0.2) is 66.7 Å². The summed E-state index contributed by atoms with van der Waals surface area (Å²) in [5, 5.41) is 17.3. The van der Waals surface area contributed by atoms with E-state index in [2.05, 4.69) is 39.7 Å². The molecule has 3 aromatic carbocycles. The van der Waals surface area contributed by atoms with Gasteiger partial charge in [0, 0.05) is 5.30 Å². The summed E-state index contributed by atoms with van der Waals surface area (Å²) in [7, 11) is 5.06. The number of para-hydroxylation sites is 1. The molecule has 132 valence electrons. The van der Waals surface area contributed by atoms with Crippen LogP contribution in [0.2, 0.25) is 0 Å². The van der Waals surface area contributed by atoms with E-state index in [0.29, 0.717) is 20.9 Å². The van der Waals surface area contributed by atoms with Crippen molar-refractivity contribution in [1.29, 1.82) is 0 Å². The Hall–Kier alpha value is -1.31. The van der Waals surface area contributed by atoms with Crippen LogP contribution in [0.4, 0.5) is 5.69 Å². The van der Waals surface area contributed by atoms with Gasteiger partial charge in [-0.05, 0) is 36.3 Å². The maximum absolute atomic E-state index is 10.4. The Morgan fingerprint density at radius 3 is 2.31 bits per heavy atom. The van der Waals surface area contributed by atoms with Crippen molar-refractivity contribution in [3.05, 3.63) is 88.7 Å². The number of hydrogen-bond acceptors (Lipinski definition) is 1. The van der Waals surface area contributed by atoms with Crippen molar-refractivity contribution in [1.82, 2.24) is 0 Å². The molecule has 2 nitrogen and oxygen atoms in total. The summed E-state index contributed by atoms with van der Waals surface area (Å²) in [6.07, 6.45) is 0. The molecule has 0 bridgehead atoms. The number of phenols is 1.